The molecule has 0 radical (unpaired) electrons. The second-order valence-corrected chi connectivity index (χ2v) is 11.1. The first-order chi connectivity index (χ1) is 18.5. The van der Waals surface area contributed by atoms with Crippen molar-refractivity contribution in [2.24, 2.45) is 7.05 Å². The van der Waals surface area contributed by atoms with E-state index in [4.69, 9.17) is 24.2 Å². The molecule has 3 aromatic heterocycles. The molecule has 0 spiro atoms. The Morgan fingerprint density at radius 2 is 1.72 bits per heavy atom. The van der Waals surface area contributed by atoms with Gasteiger partial charge in [-0.3, -0.25) is 9.58 Å². The Balaban J connectivity index is 1.45. The molecular formula is C30H35N5O4. The summed E-state index contributed by atoms with van der Waals surface area (Å²) < 4.78 is 18.4. The summed E-state index contributed by atoms with van der Waals surface area (Å²) in [4.78, 5) is 24.4. The fourth-order valence-electron chi connectivity index (χ4n) is 5.06. The first-order valence-electron chi connectivity index (χ1n) is 13.1. The lowest BCUT2D eigenvalue weighted by Crippen LogP contribution is -2.48. The minimum atomic E-state index is -0.535. The summed E-state index contributed by atoms with van der Waals surface area (Å²) in [5, 5.41) is 5.49. The molecule has 1 amide bonds. The largest absolute Gasteiger partial charge is 0.467 e. The first kappa shape index (κ1) is 26.6. The summed E-state index contributed by atoms with van der Waals surface area (Å²) in [5.74, 6) is 0.657. The summed E-state index contributed by atoms with van der Waals surface area (Å²) in [6.07, 6.45) is 4.47. The number of fused-ring (bicyclic) bond motifs is 2. The van der Waals surface area contributed by atoms with Crippen molar-refractivity contribution in [2.45, 2.75) is 58.7 Å². The van der Waals surface area contributed by atoms with Gasteiger partial charge in [0.05, 0.1) is 34.0 Å². The molecule has 9 heteroatoms. The maximum Gasteiger partial charge on any atom is 0.411 e. The molecule has 4 heterocycles. The molecule has 0 bridgehead atoms. The number of carbonyl (C=O) groups excluding carboxylic acids is 1. The number of hydrogen-bond acceptors (Lipinski definition) is 7. The van der Waals surface area contributed by atoms with Crippen LogP contribution in [0.5, 0.6) is 5.75 Å². The number of aryl methyl sites for hydroxylation is 1. The van der Waals surface area contributed by atoms with Crippen molar-refractivity contribution in [1.29, 1.82) is 0 Å². The third kappa shape index (κ3) is 5.59. The summed E-state index contributed by atoms with van der Waals surface area (Å²) in [5.41, 5.74) is 5.53. The van der Waals surface area contributed by atoms with Crippen LogP contribution in [0.15, 0.2) is 48.7 Å². The third-order valence-corrected chi connectivity index (χ3v) is 6.68. The SMILES string of the molecule is COCOc1cc2nn(C)cc2cc1-c1ccc2nc(C3=C[C@H](C)N(C(=O)OC(C)(C)C)[C@H](C)C3)ccc2n1. The van der Waals surface area contributed by atoms with Crippen molar-refractivity contribution in [1.82, 2.24) is 24.6 Å². The summed E-state index contributed by atoms with van der Waals surface area (Å²) in [6.45, 7) is 9.83. The van der Waals surface area contributed by atoms with Gasteiger partial charge in [-0.05, 0) is 76.9 Å². The van der Waals surface area contributed by atoms with Gasteiger partial charge in [-0.2, -0.15) is 5.10 Å². The van der Waals surface area contributed by atoms with Crippen molar-refractivity contribution < 1.29 is 19.0 Å². The van der Waals surface area contributed by atoms with Crippen LogP contribution < -0.4 is 4.74 Å². The van der Waals surface area contributed by atoms with Crippen LogP contribution >= 0.6 is 0 Å². The third-order valence-electron chi connectivity index (χ3n) is 6.68. The molecule has 2 atom stereocenters. The van der Waals surface area contributed by atoms with Crippen molar-refractivity contribution in [3.8, 4) is 17.0 Å². The molecular weight excluding hydrogens is 494 g/mol. The zero-order chi connectivity index (χ0) is 27.9. The van der Waals surface area contributed by atoms with Gasteiger partial charge in [-0.15, -0.1) is 0 Å². The monoisotopic (exact) mass is 529 g/mol. The highest BCUT2D eigenvalue weighted by molar-refractivity contribution is 5.89. The van der Waals surface area contributed by atoms with Crippen molar-refractivity contribution in [3.63, 3.8) is 0 Å². The van der Waals surface area contributed by atoms with Gasteiger partial charge in [0, 0.05) is 43.4 Å². The number of nitrogens with zero attached hydrogens (tertiary/aromatic N) is 5. The van der Waals surface area contributed by atoms with E-state index in [1.54, 1.807) is 16.7 Å². The van der Waals surface area contributed by atoms with Gasteiger partial charge >= 0.3 is 6.09 Å². The molecule has 0 aliphatic carbocycles. The lowest BCUT2D eigenvalue weighted by Gasteiger charge is -2.38. The van der Waals surface area contributed by atoms with E-state index in [1.807, 2.05) is 84.3 Å². The predicted octanol–water partition coefficient (Wildman–Crippen LogP) is 5.97. The van der Waals surface area contributed by atoms with Crippen LogP contribution in [0.25, 0.3) is 38.8 Å². The fourth-order valence-corrected chi connectivity index (χ4v) is 5.06. The molecule has 39 heavy (non-hydrogen) atoms. The van der Waals surface area contributed by atoms with Crippen LogP contribution in [-0.4, -0.2) is 62.3 Å². The lowest BCUT2D eigenvalue weighted by molar-refractivity contribution is 0.0122. The lowest BCUT2D eigenvalue weighted by atomic mass is 9.94. The second-order valence-electron chi connectivity index (χ2n) is 11.1. The molecule has 9 nitrogen and oxygen atoms in total. The molecule has 0 saturated heterocycles. The Morgan fingerprint density at radius 1 is 1.03 bits per heavy atom. The van der Waals surface area contributed by atoms with Crippen LogP contribution in [0.3, 0.4) is 0 Å². The molecule has 1 aromatic carbocycles. The van der Waals surface area contributed by atoms with Crippen LogP contribution in [0, 0.1) is 0 Å². The number of rotatable bonds is 5. The van der Waals surface area contributed by atoms with Crippen molar-refractivity contribution in [2.75, 3.05) is 13.9 Å². The molecule has 1 aliphatic rings. The number of pyridine rings is 2. The fraction of sp³-hybridized carbons (Fsp3) is 0.400. The van der Waals surface area contributed by atoms with Crippen LogP contribution in [0.4, 0.5) is 4.79 Å². The predicted molar refractivity (Wildman–Crippen MR) is 151 cm³/mol. The Kier molecular flexibility index (Phi) is 7.03. The highest BCUT2D eigenvalue weighted by Gasteiger charge is 2.33. The highest BCUT2D eigenvalue weighted by atomic mass is 16.7. The Labute approximate surface area is 228 Å². The molecule has 0 saturated carbocycles. The molecule has 0 N–H and O–H groups in total. The number of hydrogen-bond donors (Lipinski definition) is 0. The molecule has 5 rings (SSSR count). The maximum absolute atomic E-state index is 12.8. The maximum atomic E-state index is 12.8. The molecule has 4 aromatic rings. The molecule has 204 valence electrons. The minimum Gasteiger partial charge on any atom is -0.467 e. The number of benzene rings is 1. The van der Waals surface area contributed by atoms with Crippen LogP contribution in [0.1, 0.15) is 46.7 Å². The highest BCUT2D eigenvalue weighted by Crippen LogP contribution is 2.35. The molecule has 0 unspecified atom stereocenters. The van der Waals surface area contributed by atoms with Gasteiger partial charge in [0.25, 0.3) is 0 Å². The number of amides is 1. The first-order valence-corrected chi connectivity index (χ1v) is 13.1. The van der Waals surface area contributed by atoms with E-state index >= 15 is 0 Å². The van der Waals surface area contributed by atoms with E-state index in [9.17, 15) is 4.79 Å². The average molecular weight is 530 g/mol. The van der Waals surface area contributed by atoms with Gasteiger partial charge in [-0.1, -0.05) is 6.08 Å². The zero-order valence-corrected chi connectivity index (χ0v) is 23.6. The summed E-state index contributed by atoms with van der Waals surface area (Å²) >= 11 is 0. The van der Waals surface area contributed by atoms with E-state index in [2.05, 4.69) is 11.2 Å². The number of aromatic nitrogens is 4. The van der Waals surface area contributed by atoms with Gasteiger partial charge in [0.2, 0.25) is 0 Å². The van der Waals surface area contributed by atoms with E-state index in [1.165, 1.54) is 0 Å². The topological polar surface area (TPSA) is 91.6 Å². The summed E-state index contributed by atoms with van der Waals surface area (Å²) in [6, 6.07) is 11.8. The smallest absolute Gasteiger partial charge is 0.411 e. The Bertz CT molecular complexity index is 1570. The molecule has 0 fully saturated rings. The zero-order valence-electron chi connectivity index (χ0n) is 23.6. The van der Waals surface area contributed by atoms with E-state index < -0.39 is 5.60 Å². The quantitative estimate of drug-likeness (QED) is 0.294. The Hall–Kier alpha value is -3.98. The molecule has 1 aliphatic heterocycles. The minimum absolute atomic E-state index is 0.0132. The average Bonchev–Trinajstić information content (AvgIpc) is 3.23. The van der Waals surface area contributed by atoms with Crippen molar-refractivity contribution >= 4 is 33.6 Å². The standard InChI is InChI=1S/C30H35N5O4/c1-18-12-20(13-19(2)35(18)29(36)39-30(3,4)5)23-8-10-26-25(31-23)11-9-24(32-26)22-14-21-16-34(6)33-27(21)15-28(22)38-17-37-7/h8-12,14-16,18-19H,13,17H2,1-7H3/t18-,19+/m0/s1. The van der Waals surface area contributed by atoms with E-state index in [0.717, 1.165) is 44.5 Å². The van der Waals surface area contributed by atoms with E-state index in [-0.39, 0.29) is 25.0 Å². The van der Waals surface area contributed by atoms with Gasteiger partial charge in [-0.25, -0.2) is 14.8 Å². The van der Waals surface area contributed by atoms with Gasteiger partial charge in [0.15, 0.2) is 6.79 Å². The number of methoxy groups -OCH3 is 1. The summed E-state index contributed by atoms with van der Waals surface area (Å²) in [7, 11) is 3.49. The normalized spacial score (nSPS) is 17.9. The van der Waals surface area contributed by atoms with Crippen molar-refractivity contribution in [3.05, 3.63) is 54.4 Å². The van der Waals surface area contributed by atoms with Gasteiger partial charge < -0.3 is 14.2 Å². The van der Waals surface area contributed by atoms with E-state index in [0.29, 0.717) is 12.2 Å². The van der Waals surface area contributed by atoms with Crippen LogP contribution in [0.2, 0.25) is 0 Å². The second kappa shape index (κ2) is 10.3. The van der Waals surface area contributed by atoms with Crippen LogP contribution in [-0.2, 0) is 16.5 Å². The van der Waals surface area contributed by atoms with Gasteiger partial charge in [0.1, 0.15) is 11.4 Å². The number of ether oxygens (including phenoxy) is 3. The number of carbonyl (C=O) groups is 1. The Morgan fingerprint density at radius 3 is 2.38 bits per heavy atom.